The molecule has 0 bridgehead atoms. The number of aromatic nitrogens is 2. The molecule has 0 saturated heterocycles. The van der Waals surface area contributed by atoms with E-state index in [9.17, 15) is 9.59 Å². The number of nitrogens with zero attached hydrogens (tertiary/aromatic N) is 2. The molecule has 5 nitrogen and oxygen atoms in total. The van der Waals surface area contributed by atoms with Crippen molar-refractivity contribution in [1.29, 1.82) is 0 Å². The Morgan fingerprint density at radius 2 is 1.76 bits per heavy atom. The molecule has 1 heterocycles. The van der Waals surface area contributed by atoms with Crippen LogP contribution in [0, 0.1) is 6.92 Å². The number of rotatable bonds is 6. The average molecular weight is 333 g/mol. The Balaban J connectivity index is 1.80. The van der Waals surface area contributed by atoms with E-state index in [0.29, 0.717) is 12.1 Å². The summed E-state index contributed by atoms with van der Waals surface area (Å²) in [6.45, 7) is 1.83. The summed E-state index contributed by atoms with van der Waals surface area (Å²) in [7, 11) is 0. The summed E-state index contributed by atoms with van der Waals surface area (Å²) in [5.41, 5.74) is 2.93. The minimum Gasteiger partial charge on any atom is -0.341 e. The molecule has 0 saturated carbocycles. The van der Waals surface area contributed by atoms with Crippen LogP contribution >= 0.6 is 0 Å². The van der Waals surface area contributed by atoms with Gasteiger partial charge in [-0.15, -0.1) is 0 Å². The maximum atomic E-state index is 12.7. The number of amides is 1. The van der Waals surface area contributed by atoms with Crippen molar-refractivity contribution in [3.63, 3.8) is 0 Å². The highest BCUT2D eigenvalue weighted by Crippen LogP contribution is 2.13. The Morgan fingerprint density at radius 1 is 1.12 bits per heavy atom. The van der Waals surface area contributed by atoms with Gasteiger partial charge in [0.25, 0.3) is 5.91 Å². The van der Waals surface area contributed by atoms with Crippen molar-refractivity contribution in [2.75, 3.05) is 0 Å². The first-order valence-corrected chi connectivity index (χ1v) is 8.09. The molecule has 1 atom stereocenters. The molecule has 0 radical (unpaired) electrons. The summed E-state index contributed by atoms with van der Waals surface area (Å²) in [5, 5.41) is 7.17. The molecule has 25 heavy (non-hydrogen) atoms. The van der Waals surface area contributed by atoms with Gasteiger partial charge in [0, 0.05) is 0 Å². The van der Waals surface area contributed by atoms with E-state index in [1.807, 2.05) is 67.6 Å². The number of nitrogens with one attached hydrogen (secondary N) is 1. The van der Waals surface area contributed by atoms with Crippen molar-refractivity contribution >= 4 is 12.2 Å². The number of carbonyl (C=O) groups excluding carboxylic acids is 2. The summed E-state index contributed by atoms with van der Waals surface area (Å²) >= 11 is 0. The van der Waals surface area contributed by atoms with E-state index in [0.717, 1.165) is 23.2 Å². The maximum Gasteiger partial charge on any atom is 0.270 e. The SMILES string of the molecule is Cc1cc(C(=O)N[C@H](C=O)Cc2ccccc2)n(-c2ccccc2)n1. The fourth-order valence-electron chi connectivity index (χ4n) is 2.67. The molecule has 3 aromatic rings. The molecule has 5 heteroatoms. The maximum absolute atomic E-state index is 12.7. The van der Waals surface area contributed by atoms with E-state index >= 15 is 0 Å². The Kier molecular flexibility index (Phi) is 5.04. The number of hydrogen-bond donors (Lipinski definition) is 1. The standard InChI is InChI=1S/C20H19N3O2/c1-15-12-19(23(22-15)18-10-6-3-7-11-18)20(25)21-17(14-24)13-16-8-4-2-5-9-16/h2-12,14,17H,13H2,1H3,(H,21,25)/t17-/m0/s1. The lowest BCUT2D eigenvalue weighted by Crippen LogP contribution is -2.38. The number of aldehydes is 1. The van der Waals surface area contributed by atoms with Gasteiger partial charge in [0.2, 0.25) is 0 Å². The van der Waals surface area contributed by atoms with Crippen LogP contribution in [-0.4, -0.2) is 28.0 Å². The Labute approximate surface area is 146 Å². The smallest absolute Gasteiger partial charge is 0.270 e. The molecule has 0 spiro atoms. The fraction of sp³-hybridized carbons (Fsp3) is 0.150. The number of aryl methyl sites for hydroxylation is 1. The van der Waals surface area contributed by atoms with E-state index < -0.39 is 6.04 Å². The van der Waals surface area contributed by atoms with Crippen LogP contribution in [0.25, 0.3) is 5.69 Å². The average Bonchev–Trinajstić information content (AvgIpc) is 3.04. The highest BCUT2D eigenvalue weighted by atomic mass is 16.2. The molecule has 0 unspecified atom stereocenters. The largest absolute Gasteiger partial charge is 0.341 e. The molecule has 0 aliphatic rings. The molecular weight excluding hydrogens is 314 g/mol. The third kappa shape index (κ3) is 4.01. The van der Waals surface area contributed by atoms with Crippen LogP contribution < -0.4 is 5.32 Å². The van der Waals surface area contributed by atoms with E-state index in [1.54, 1.807) is 10.7 Å². The summed E-state index contributed by atoms with van der Waals surface area (Å²) < 4.78 is 1.59. The van der Waals surface area contributed by atoms with Gasteiger partial charge < -0.3 is 10.1 Å². The van der Waals surface area contributed by atoms with Crippen molar-refractivity contribution in [2.45, 2.75) is 19.4 Å². The van der Waals surface area contributed by atoms with Crippen LogP contribution in [0.2, 0.25) is 0 Å². The zero-order chi connectivity index (χ0) is 17.6. The van der Waals surface area contributed by atoms with Crippen molar-refractivity contribution in [3.05, 3.63) is 83.7 Å². The zero-order valence-corrected chi connectivity index (χ0v) is 13.9. The quantitative estimate of drug-likeness (QED) is 0.706. The van der Waals surface area contributed by atoms with Gasteiger partial charge in [-0.3, -0.25) is 4.79 Å². The van der Waals surface area contributed by atoms with Gasteiger partial charge in [-0.1, -0.05) is 48.5 Å². The number of hydrogen-bond acceptors (Lipinski definition) is 3. The first-order chi connectivity index (χ1) is 12.2. The van der Waals surface area contributed by atoms with Crippen molar-refractivity contribution < 1.29 is 9.59 Å². The van der Waals surface area contributed by atoms with Crippen LogP contribution in [-0.2, 0) is 11.2 Å². The van der Waals surface area contributed by atoms with Crippen LogP contribution in [0.5, 0.6) is 0 Å². The first kappa shape index (κ1) is 16.6. The second-order valence-corrected chi connectivity index (χ2v) is 5.82. The van der Waals surface area contributed by atoms with Crippen LogP contribution in [0.1, 0.15) is 21.7 Å². The van der Waals surface area contributed by atoms with Crippen LogP contribution in [0.15, 0.2) is 66.7 Å². The molecule has 0 fully saturated rings. The van der Waals surface area contributed by atoms with Crippen molar-refractivity contribution in [2.24, 2.45) is 0 Å². The second-order valence-electron chi connectivity index (χ2n) is 5.82. The summed E-state index contributed by atoms with van der Waals surface area (Å²) in [6, 6.07) is 20.2. The van der Waals surface area contributed by atoms with Gasteiger partial charge in [-0.2, -0.15) is 5.10 Å². The van der Waals surface area contributed by atoms with Gasteiger partial charge in [0.1, 0.15) is 12.0 Å². The molecule has 1 aromatic heterocycles. The van der Waals surface area contributed by atoms with E-state index in [-0.39, 0.29) is 5.91 Å². The van der Waals surface area contributed by atoms with Crippen LogP contribution in [0.3, 0.4) is 0 Å². The van der Waals surface area contributed by atoms with Gasteiger partial charge in [-0.25, -0.2) is 4.68 Å². The second kappa shape index (κ2) is 7.57. The van der Waals surface area contributed by atoms with Gasteiger partial charge in [0.05, 0.1) is 17.4 Å². The zero-order valence-electron chi connectivity index (χ0n) is 13.9. The van der Waals surface area contributed by atoms with Crippen molar-refractivity contribution in [1.82, 2.24) is 15.1 Å². The molecular formula is C20H19N3O2. The summed E-state index contributed by atoms with van der Waals surface area (Å²) in [5.74, 6) is -0.322. The fourth-order valence-corrected chi connectivity index (χ4v) is 2.67. The lowest BCUT2D eigenvalue weighted by molar-refractivity contribution is -0.109. The Morgan fingerprint density at radius 3 is 2.40 bits per heavy atom. The number of benzene rings is 2. The highest BCUT2D eigenvalue weighted by molar-refractivity contribution is 5.94. The van der Waals surface area contributed by atoms with E-state index in [2.05, 4.69) is 10.4 Å². The Hall–Kier alpha value is -3.21. The molecule has 0 aliphatic heterocycles. The topological polar surface area (TPSA) is 64.0 Å². The van der Waals surface area contributed by atoms with Crippen molar-refractivity contribution in [3.8, 4) is 5.69 Å². The first-order valence-electron chi connectivity index (χ1n) is 8.09. The van der Waals surface area contributed by atoms with Gasteiger partial charge >= 0.3 is 0 Å². The normalized spacial score (nSPS) is 11.7. The third-order valence-electron chi connectivity index (χ3n) is 3.84. The number of carbonyl (C=O) groups is 2. The summed E-state index contributed by atoms with van der Waals surface area (Å²) in [6.07, 6.45) is 1.22. The highest BCUT2D eigenvalue weighted by Gasteiger charge is 2.19. The Bertz CT molecular complexity index is 857. The molecule has 126 valence electrons. The van der Waals surface area contributed by atoms with E-state index in [1.165, 1.54) is 0 Å². The van der Waals surface area contributed by atoms with Gasteiger partial charge in [0.15, 0.2) is 0 Å². The third-order valence-corrected chi connectivity index (χ3v) is 3.84. The van der Waals surface area contributed by atoms with Gasteiger partial charge in [-0.05, 0) is 37.1 Å². The molecule has 2 aromatic carbocycles. The molecule has 1 amide bonds. The minimum atomic E-state index is -0.589. The minimum absolute atomic E-state index is 0.322. The summed E-state index contributed by atoms with van der Waals surface area (Å²) in [4.78, 5) is 24.1. The predicted molar refractivity (Wildman–Crippen MR) is 95.8 cm³/mol. The molecule has 1 N–H and O–H groups in total. The molecule has 3 rings (SSSR count). The number of para-hydroxylation sites is 1. The lowest BCUT2D eigenvalue weighted by Gasteiger charge is -2.14. The van der Waals surface area contributed by atoms with E-state index in [4.69, 9.17) is 0 Å². The lowest BCUT2D eigenvalue weighted by atomic mass is 10.1. The molecule has 0 aliphatic carbocycles. The predicted octanol–water partition coefficient (Wildman–Crippen LogP) is 2.72. The monoisotopic (exact) mass is 333 g/mol. The van der Waals surface area contributed by atoms with Crippen LogP contribution in [0.4, 0.5) is 0 Å².